The molecular weight excluding hydrogens is 620 g/mol. The molecule has 1 aromatic carbocycles. The highest BCUT2D eigenvalue weighted by Gasteiger charge is 2.66. The minimum atomic E-state index is -2.93. The molecule has 1 saturated heterocycles. The SMILES string of the molecule is CN(C)[C@@H]1C(=O)C(C(=O)N[C@H](C(=O)O)N2CCN(CCO)CC2)=C(O)[C@@]2(O)C(=O)C3=C(O)c4c(O)cccc4[C@@](C)(O)[C@H]3C[C@H]12.N#N. The molecule has 1 amide bonds. The van der Waals surface area contributed by atoms with Crippen LogP contribution in [0.3, 0.4) is 0 Å². The van der Waals surface area contributed by atoms with E-state index in [1.54, 1.807) is 0 Å². The van der Waals surface area contributed by atoms with Gasteiger partial charge < -0.3 is 41.1 Å². The number of aliphatic carboxylic acids is 1. The van der Waals surface area contributed by atoms with Gasteiger partial charge in [-0.2, -0.15) is 0 Å². The summed E-state index contributed by atoms with van der Waals surface area (Å²) in [6.45, 7) is 2.88. The Labute approximate surface area is 269 Å². The molecule has 5 rings (SSSR count). The number of carbonyl (C=O) groups is 4. The molecule has 1 heterocycles. The number of phenolic OH excluding ortho intramolecular Hbond substituents is 1. The molecule has 254 valence electrons. The zero-order chi connectivity index (χ0) is 35.2. The molecule has 1 aliphatic heterocycles. The first-order valence-corrected chi connectivity index (χ1v) is 14.8. The number of nitrogens with one attached hydrogen (secondary N) is 1. The highest BCUT2D eigenvalue weighted by atomic mass is 16.4. The first-order chi connectivity index (χ1) is 22.1. The Morgan fingerprint density at radius 3 is 2.26 bits per heavy atom. The highest BCUT2D eigenvalue weighted by Crippen LogP contribution is 2.57. The van der Waals surface area contributed by atoms with Crippen LogP contribution in [0.1, 0.15) is 24.5 Å². The molecule has 8 N–H and O–H groups in total. The summed E-state index contributed by atoms with van der Waals surface area (Å²) in [5.74, 6) is -10.1. The molecule has 1 aromatic rings. The number of carbonyl (C=O) groups excluding carboxylic acids is 3. The maximum absolute atomic E-state index is 14.2. The number of phenols is 1. The molecule has 2 fully saturated rings. The number of fused-ring (bicyclic) bond motifs is 3. The number of carboxylic acids is 1. The zero-order valence-corrected chi connectivity index (χ0v) is 26.0. The summed E-state index contributed by atoms with van der Waals surface area (Å²) in [6, 6.07) is 2.77. The molecule has 4 aliphatic rings. The summed E-state index contributed by atoms with van der Waals surface area (Å²) in [7, 11) is 2.93. The third-order valence-electron chi connectivity index (χ3n) is 9.69. The van der Waals surface area contributed by atoms with Gasteiger partial charge in [0, 0.05) is 60.9 Å². The quantitative estimate of drug-likeness (QED) is 0.120. The molecule has 6 atom stereocenters. The number of rotatable bonds is 7. The average Bonchev–Trinajstić information content (AvgIpc) is 3.01. The second kappa shape index (κ2) is 13.0. The van der Waals surface area contributed by atoms with Gasteiger partial charge in [0.1, 0.15) is 22.8 Å². The van der Waals surface area contributed by atoms with Gasteiger partial charge in [-0.25, -0.2) is 4.79 Å². The van der Waals surface area contributed by atoms with Gasteiger partial charge in [-0.1, -0.05) is 12.1 Å². The van der Waals surface area contributed by atoms with E-state index in [0.29, 0.717) is 19.6 Å². The normalized spacial score (nSPS) is 30.1. The molecule has 0 spiro atoms. The van der Waals surface area contributed by atoms with Crippen LogP contribution in [0.2, 0.25) is 0 Å². The third-order valence-corrected chi connectivity index (χ3v) is 9.69. The van der Waals surface area contributed by atoms with E-state index >= 15 is 0 Å². The number of hydrogen-bond acceptors (Lipinski definition) is 15. The lowest BCUT2D eigenvalue weighted by atomic mass is 9.54. The number of carboxylic acid groups (broad SMARTS) is 1. The number of aliphatic hydroxyl groups is 5. The van der Waals surface area contributed by atoms with Crippen LogP contribution in [-0.2, 0) is 24.8 Å². The Morgan fingerprint density at radius 2 is 1.70 bits per heavy atom. The van der Waals surface area contributed by atoms with Crippen LogP contribution in [0.5, 0.6) is 5.75 Å². The van der Waals surface area contributed by atoms with Crippen molar-refractivity contribution in [2.24, 2.45) is 11.8 Å². The summed E-state index contributed by atoms with van der Waals surface area (Å²) in [5, 5.41) is 90.3. The monoisotopic (exact) mass is 658 g/mol. The summed E-state index contributed by atoms with van der Waals surface area (Å²) in [6.07, 6.45) is -1.93. The first kappa shape index (κ1) is 35.4. The van der Waals surface area contributed by atoms with Gasteiger partial charge in [0.15, 0.2) is 17.6 Å². The van der Waals surface area contributed by atoms with Crippen molar-refractivity contribution in [2.45, 2.75) is 36.8 Å². The molecule has 0 radical (unpaired) electrons. The Bertz CT molecular complexity index is 1560. The van der Waals surface area contributed by atoms with Crippen molar-refractivity contribution in [3.63, 3.8) is 0 Å². The number of benzene rings is 1. The van der Waals surface area contributed by atoms with Crippen molar-refractivity contribution < 1.29 is 54.9 Å². The lowest BCUT2D eigenvalue weighted by molar-refractivity contribution is -0.159. The average molecular weight is 659 g/mol. The lowest BCUT2D eigenvalue weighted by Crippen LogP contribution is -2.67. The first-order valence-electron chi connectivity index (χ1n) is 14.8. The molecule has 0 bridgehead atoms. The summed E-state index contributed by atoms with van der Waals surface area (Å²) >= 11 is 0. The van der Waals surface area contributed by atoms with Crippen molar-refractivity contribution in [1.82, 2.24) is 20.0 Å². The molecule has 17 heteroatoms. The Balaban J connectivity index is 0.00000245. The minimum absolute atomic E-state index is 0.0784. The predicted molar refractivity (Wildman–Crippen MR) is 159 cm³/mol. The van der Waals surface area contributed by atoms with Crippen LogP contribution >= 0.6 is 0 Å². The van der Waals surface area contributed by atoms with Gasteiger partial charge in [-0.15, -0.1) is 0 Å². The summed E-state index contributed by atoms with van der Waals surface area (Å²) < 4.78 is 0. The van der Waals surface area contributed by atoms with E-state index in [1.807, 2.05) is 4.90 Å². The topological polar surface area (TPSA) is 279 Å². The Morgan fingerprint density at radius 1 is 1.09 bits per heavy atom. The third kappa shape index (κ3) is 5.52. The van der Waals surface area contributed by atoms with E-state index in [-0.39, 0.29) is 37.2 Å². The minimum Gasteiger partial charge on any atom is -0.508 e. The maximum Gasteiger partial charge on any atom is 0.341 e. The van der Waals surface area contributed by atoms with Crippen LogP contribution in [0.4, 0.5) is 0 Å². The molecule has 47 heavy (non-hydrogen) atoms. The molecule has 0 unspecified atom stereocenters. The Hall–Kier alpha value is -4.44. The second-order valence-electron chi connectivity index (χ2n) is 12.4. The molecule has 1 saturated carbocycles. The Kier molecular flexibility index (Phi) is 9.79. The van der Waals surface area contributed by atoms with E-state index in [2.05, 4.69) is 5.32 Å². The van der Waals surface area contributed by atoms with Crippen molar-refractivity contribution in [3.8, 4) is 5.75 Å². The van der Waals surface area contributed by atoms with Crippen LogP contribution in [0, 0.1) is 22.6 Å². The van der Waals surface area contributed by atoms with Gasteiger partial charge in [0.2, 0.25) is 5.78 Å². The number of ketones is 2. The molecule has 3 aliphatic carbocycles. The van der Waals surface area contributed by atoms with E-state index in [0.717, 1.165) is 0 Å². The summed E-state index contributed by atoms with van der Waals surface area (Å²) in [5.41, 5.74) is -6.40. The largest absolute Gasteiger partial charge is 0.508 e. The number of Topliss-reactive ketones (excluding diaryl/α,β-unsaturated/α-hetero) is 2. The van der Waals surface area contributed by atoms with Crippen LogP contribution < -0.4 is 5.32 Å². The lowest BCUT2D eigenvalue weighted by Gasteiger charge is -2.53. The van der Waals surface area contributed by atoms with Crippen molar-refractivity contribution in [3.05, 3.63) is 46.2 Å². The summed E-state index contributed by atoms with van der Waals surface area (Å²) in [4.78, 5) is 58.7. The number of β-amino-alcohol motifs (C(OH)–C–C–N with tert-alkyl or cyclic N) is 1. The number of aliphatic hydroxyl groups excluding tert-OH is 3. The number of amides is 1. The number of piperazine rings is 1. The fourth-order valence-corrected chi connectivity index (χ4v) is 7.37. The van der Waals surface area contributed by atoms with E-state index in [4.69, 9.17) is 10.8 Å². The zero-order valence-electron chi connectivity index (χ0n) is 26.0. The molecular formula is C30H38N6O11. The number of likely N-dealkylation sites (N-methyl/N-ethyl adjacent to an activating group) is 1. The van der Waals surface area contributed by atoms with E-state index in [9.17, 15) is 54.9 Å². The maximum atomic E-state index is 14.2. The second-order valence-corrected chi connectivity index (χ2v) is 12.4. The fraction of sp³-hybridized carbons (Fsp3) is 0.533. The predicted octanol–water partition coefficient (Wildman–Crippen LogP) is -1.69. The van der Waals surface area contributed by atoms with Gasteiger partial charge in [0.25, 0.3) is 5.91 Å². The van der Waals surface area contributed by atoms with Crippen LogP contribution in [0.25, 0.3) is 5.76 Å². The smallest absolute Gasteiger partial charge is 0.341 e. The van der Waals surface area contributed by atoms with Crippen LogP contribution in [0.15, 0.2) is 35.1 Å². The number of aromatic hydroxyl groups is 1. The van der Waals surface area contributed by atoms with Gasteiger partial charge in [0.05, 0.1) is 23.8 Å². The van der Waals surface area contributed by atoms with Crippen molar-refractivity contribution in [2.75, 3.05) is 53.4 Å². The van der Waals surface area contributed by atoms with E-state index < -0.39 is 87.1 Å². The van der Waals surface area contributed by atoms with Crippen molar-refractivity contribution >= 4 is 29.2 Å². The molecule has 0 aromatic heterocycles. The standard InChI is InChI=1S/C30H38N4O11.N2/c1-29(44)14-5-4-6-17(36)18(14)22(37)19-15(29)13-16-21(32(2)3)23(38)20(25(40)30(16,45)24(19)39)27(41)31-26(28(42)43)34-9-7-33(8-10-34)11-12-35;1-2/h4-6,15-16,21,26,35-37,40,44-45H,7-13H2,1-3H3,(H,31,41)(H,42,43);/t15-,16+,21-,26-,29+,30-;/m0./s1. The van der Waals surface area contributed by atoms with Gasteiger partial charge in [-0.3, -0.25) is 29.1 Å². The van der Waals surface area contributed by atoms with Gasteiger partial charge in [-0.05, 0) is 39.1 Å². The fourth-order valence-electron chi connectivity index (χ4n) is 7.37. The highest BCUT2D eigenvalue weighted by molar-refractivity contribution is 6.25. The number of nitrogens with zero attached hydrogens (tertiary/aromatic N) is 5. The van der Waals surface area contributed by atoms with Crippen LogP contribution in [-0.4, -0.2) is 145 Å². The van der Waals surface area contributed by atoms with Crippen molar-refractivity contribution in [1.29, 1.82) is 10.8 Å². The number of hydrogen-bond donors (Lipinski definition) is 8. The van der Waals surface area contributed by atoms with Gasteiger partial charge >= 0.3 is 5.97 Å². The molecule has 17 nitrogen and oxygen atoms in total. The van der Waals surface area contributed by atoms with E-state index in [1.165, 1.54) is 49.0 Å².